The van der Waals surface area contributed by atoms with E-state index in [1.807, 2.05) is 95.9 Å². The van der Waals surface area contributed by atoms with Crippen molar-refractivity contribution >= 4 is 41.2 Å². The number of nitrogens with one attached hydrogen (secondary N) is 1. The van der Waals surface area contributed by atoms with Crippen molar-refractivity contribution in [2.45, 2.75) is 58.8 Å². The summed E-state index contributed by atoms with van der Waals surface area (Å²) in [4.78, 5) is 20.2. The predicted octanol–water partition coefficient (Wildman–Crippen LogP) is 8.67. The Morgan fingerprint density at radius 2 is 1.36 bits per heavy atom. The molecule has 0 radical (unpaired) electrons. The van der Waals surface area contributed by atoms with Crippen LogP contribution >= 0.6 is 12.4 Å². The van der Waals surface area contributed by atoms with Gasteiger partial charge in [0.15, 0.2) is 0 Å². The topological polar surface area (TPSA) is 44.7 Å². The molecule has 0 fully saturated rings. The number of rotatable bonds is 13. The van der Waals surface area contributed by atoms with Crippen molar-refractivity contribution in [3.8, 4) is 0 Å². The average Bonchev–Trinajstić information content (AvgIpc) is 2.90. The van der Waals surface area contributed by atoms with Gasteiger partial charge in [0.2, 0.25) is 5.91 Å². The highest BCUT2D eigenvalue weighted by molar-refractivity contribution is 6.00. The van der Waals surface area contributed by atoms with E-state index in [9.17, 15) is 4.79 Å². The van der Waals surface area contributed by atoms with Gasteiger partial charge in [-0.2, -0.15) is 0 Å². The molecule has 192 valence electrons. The Labute approximate surface area is 223 Å². The zero-order chi connectivity index (χ0) is 24.7. The number of hydrogen-bond donors (Lipinski definition) is 1. The third kappa shape index (κ3) is 9.87. The number of amidine groups is 1. The zero-order valence-electron chi connectivity index (χ0n) is 21.6. The van der Waals surface area contributed by atoms with Gasteiger partial charge in [0.1, 0.15) is 5.84 Å². The normalized spacial score (nSPS) is 11.9. The van der Waals surface area contributed by atoms with Crippen LogP contribution in [0.3, 0.4) is 0 Å². The number of unbranched alkanes of at least 4 members (excludes halogenated alkanes) is 5. The molecular formula is C31H40ClN3O. The summed E-state index contributed by atoms with van der Waals surface area (Å²) < 4.78 is 0. The number of para-hydroxylation sites is 3. The molecule has 0 saturated carbocycles. The van der Waals surface area contributed by atoms with Crippen molar-refractivity contribution in [2.75, 3.05) is 16.8 Å². The molecule has 0 saturated heterocycles. The van der Waals surface area contributed by atoms with Gasteiger partial charge in [0.05, 0.1) is 5.69 Å². The Morgan fingerprint density at radius 1 is 0.806 bits per heavy atom. The first-order valence-electron chi connectivity index (χ1n) is 13.0. The van der Waals surface area contributed by atoms with E-state index in [1.54, 1.807) is 0 Å². The lowest BCUT2D eigenvalue weighted by molar-refractivity contribution is -0.118. The fourth-order valence-electron chi connectivity index (χ4n) is 4.08. The van der Waals surface area contributed by atoms with Gasteiger partial charge in [-0.15, -0.1) is 12.4 Å². The number of anilines is 2. The molecule has 36 heavy (non-hydrogen) atoms. The van der Waals surface area contributed by atoms with Crippen LogP contribution in [0.1, 0.15) is 58.8 Å². The molecule has 3 aromatic rings. The summed E-state index contributed by atoms with van der Waals surface area (Å²) in [5.41, 5.74) is 2.82. The molecule has 1 amide bonds. The lowest BCUT2D eigenvalue weighted by Gasteiger charge is -2.27. The van der Waals surface area contributed by atoms with Gasteiger partial charge in [-0.05, 0) is 42.8 Å². The largest absolute Gasteiger partial charge is 0.343 e. The summed E-state index contributed by atoms with van der Waals surface area (Å²) in [5, 5.41) is 3.51. The minimum absolute atomic E-state index is 0. The number of halogens is 1. The van der Waals surface area contributed by atoms with Crippen LogP contribution in [0.5, 0.6) is 0 Å². The minimum Gasteiger partial charge on any atom is -0.343 e. The van der Waals surface area contributed by atoms with Gasteiger partial charge in [-0.3, -0.25) is 4.79 Å². The highest BCUT2D eigenvalue weighted by Crippen LogP contribution is 2.21. The smallest absolute Gasteiger partial charge is 0.226 e. The molecule has 3 aromatic carbocycles. The summed E-state index contributed by atoms with van der Waals surface area (Å²) in [6.45, 7) is 4.92. The van der Waals surface area contributed by atoms with Gasteiger partial charge in [-0.25, -0.2) is 4.99 Å². The standard InChI is InChI=1S/C31H39N3O.ClH/c1-3-4-5-6-7-17-24-30(35)34(29-22-15-10-16-23-29)25-26(2)31(32-27-18-11-8-12-19-27)33-28-20-13-9-14-21-28;/h8-16,18-23,26H,3-7,17,24-25H2,1-2H3,(H,32,33);1H. The third-order valence-corrected chi connectivity index (χ3v) is 6.09. The summed E-state index contributed by atoms with van der Waals surface area (Å²) >= 11 is 0. The van der Waals surface area contributed by atoms with Crippen molar-refractivity contribution < 1.29 is 4.79 Å². The van der Waals surface area contributed by atoms with Crippen LogP contribution in [0.15, 0.2) is 96.0 Å². The molecule has 5 heteroatoms. The van der Waals surface area contributed by atoms with E-state index in [0.717, 1.165) is 35.7 Å². The molecule has 1 atom stereocenters. The quantitative estimate of drug-likeness (QED) is 0.143. The first kappa shape index (κ1) is 29.1. The molecule has 0 aliphatic rings. The lowest BCUT2D eigenvalue weighted by atomic mass is 10.1. The van der Waals surface area contributed by atoms with Gasteiger partial charge in [0.25, 0.3) is 0 Å². The zero-order valence-corrected chi connectivity index (χ0v) is 22.4. The van der Waals surface area contributed by atoms with Crippen LogP contribution in [-0.2, 0) is 4.79 Å². The molecular weight excluding hydrogens is 466 g/mol. The third-order valence-electron chi connectivity index (χ3n) is 6.09. The minimum atomic E-state index is 0. The van der Waals surface area contributed by atoms with Crippen molar-refractivity contribution in [3.63, 3.8) is 0 Å². The van der Waals surface area contributed by atoms with Gasteiger partial charge < -0.3 is 10.2 Å². The summed E-state index contributed by atoms with van der Waals surface area (Å²) in [5.74, 6) is 1.03. The monoisotopic (exact) mass is 505 g/mol. The number of carbonyl (C=O) groups excluding carboxylic acids is 1. The van der Waals surface area contributed by atoms with Crippen molar-refractivity contribution in [3.05, 3.63) is 91.0 Å². The second-order valence-corrected chi connectivity index (χ2v) is 9.08. The van der Waals surface area contributed by atoms with Crippen LogP contribution in [0.25, 0.3) is 0 Å². The summed E-state index contributed by atoms with van der Waals surface area (Å²) in [6.07, 6.45) is 7.60. The second-order valence-electron chi connectivity index (χ2n) is 9.08. The Bertz CT molecular complexity index is 1030. The SMILES string of the molecule is CCCCCCCCC(=O)N(CC(C)C(=Nc1ccccc1)Nc1ccccc1)c1ccccc1.Cl. The lowest BCUT2D eigenvalue weighted by Crippen LogP contribution is -2.38. The van der Waals surface area contributed by atoms with Crippen molar-refractivity contribution in [2.24, 2.45) is 10.9 Å². The average molecular weight is 506 g/mol. The Kier molecular flexibility index (Phi) is 13.4. The molecule has 0 heterocycles. The first-order valence-corrected chi connectivity index (χ1v) is 13.0. The molecule has 4 nitrogen and oxygen atoms in total. The predicted molar refractivity (Wildman–Crippen MR) is 157 cm³/mol. The van der Waals surface area contributed by atoms with Crippen molar-refractivity contribution in [1.82, 2.24) is 0 Å². The summed E-state index contributed by atoms with van der Waals surface area (Å²) in [7, 11) is 0. The van der Waals surface area contributed by atoms with Gasteiger partial charge >= 0.3 is 0 Å². The van der Waals surface area contributed by atoms with E-state index >= 15 is 0 Å². The van der Waals surface area contributed by atoms with Crippen LogP contribution in [-0.4, -0.2) is 18.3 Å². The van der Waals surface area contributed by atoms with E-state index in [4.69, 9.17) is 4.99 Å². The van der Waals surface area contributed by atoms with Crippen LogP contribution in [0, 0.1) is 5.92 Å². The Morgan fingerprint density at radius 3 is 2.00 bits per heavy atom. The summed E-state index contributed by atoms with van der Waals surface area (Å²) in [6, 6.07) is 30.1. The molecule has 0 spiro atoms. The van der Waals surface area contributed by atoms with Crippen LogP contribution in [0.4, 0.5) is 17.1 Å². The maximum atomic E-state index is 13.4. The Balaban J connectivity index is 0.00000456. The maximum absolute atomic E-state index is 13.4. The van der Waals surface area contributed by atoms with Crippen LogP contribution < -0.4 is 10.2 Å². The number of amides is 1. The van der Waals surface area contributed by atoms with Crippen molar-refractivity contribution in [1.29, 1.82) is 0 Å². The number of carbonyl (C=O) groups is 1. The second kappa shape index (κ2) is 16.5. The Hall–Kier alpha value is -3.11. The number of hydrogen-bond acceptors (Lipinski definition) is 2. The van der Waals surface area contributed by atoms with E-state index < -0.39 is 0 Å². The molecule has 1 N–H and O–H groups in total. The fourth-order valence-corrected chi connectivity index (χ4v) is 4.08. The van der Waals surface area contributed by atoms with E-state index in [0.29, 0.717) is 13.0 Å². The van der Waals surface area contributed by atoms with E-state index in [2.05, 4.69) is 19.2 Å². The number of benzene rings is 3. The molecule has 3 rings (SSSR count). The molecule has 0 aliphatic carbocycles. The molecule has 0 aliphatic heterocycles. The van der Waals surface area contributed by atoms with Gasteiger partial charge in [-0.1, -0.05) is 101 Å². The number of nitrogens with zero attached hydrogens (tertiary/aromatic N) is 2. The maximum Gasteiger partial charge on any atom is 0.226 e. The highest BCUT2D eigenvalue weighted by atomic mass is 35.5. The number of aliphatic imine (C=N–C) groups is 1. The molecule has 0 bridgehead atoms. The highest BCUT2D eigenvalue weighted by Gasteiger charge is 2.21. The first-order chi connectivity index (χ1) is 17.2. The molecule has 0 aromatic heterocycles. The van der Waals surface area contributed by atoms with Gasteiger partial charge in [0, 0.05) is 30.3 Å². The van der Waals surface area contributed by atoms with E-state index in [1.165, 1.54) is 25.7 Å². The van der Waals surface area contributed by atoms with E-state index in [-0.39, 0.29) is 24.2 Å². The molecule has 1 unspecified atom stereocenters. The van der Waals surface area contributed by atoms with Crippen LogP contribution in [0.2, 0.25) is 0 Å². The fraction of sp³-hybridized carbons (Fsp3) is 0.355.